The predicted octanol–water partition coefficient (Wildman–Crippen LogP) is 5.37. The molecular weight excluding hydrogens is 348 g/mol. The minimum Gasteiger partial charge on any atom is -0.491 e. The van der Waals surface area contributed by atoms with Crippen molar-refractivity contribution in [2.45, 2.75) is 39.2 Å². The van der Waals surface area contributed by atoms with Gasteiger partial charge in [0.25, 0.3) is 5.91 Å². The Balaban J connectivity index is 1.66. The van der Waals surface area contributed by atoms with Crippen molar-refractivity contribution in [3.05, 3.63) is 53.1 Å². The highest BCUT2D eigenvalue weighted by atomic mass is 35.5. The van der Waals surface area contributed by atoms with Crippen LogP contribution < -0.4 is 15.0 Å². The molecule has 1 fully saturated rings. The summed E-state index contributed by atoms with van der Waals surface area (Å²) in [6.45, 7) is 6.02. The van der Waals surface area contributed by atoms with Crippen LogP contribution in [0.15, 0.2) is 42.5 Å². The van der Waals surface area contributed by atoms with Gasteiger partial charge in [-0.05, 0) is 75.6 Å². The van der Waals surface area contributed by atoms with Crippen molar-refractivity contribution in [2.75, 3.05) is 23.3 Å². The number of nitrogens with zero attached hydrogens (tertiary/aromatic N) is 1. The number of ether oxygens (including phenoxy) is 1. The van der Waals surface area contributed by atoms with E-state index in [0.29, 0.717) is 16.3 Å². The minimum atomic E-state index is -0.164. The van der Waals surface area contributed by atoms with Crippen molar-refractivity contribution in [2.24, 2.45) is 0 Å². The second-order valence-corrected chi connectivity index (χ2v) is 7.27. The number of hydrogen-bond donors (Lipinski definition) is 1. The standard InChI is InChI=1S/C21H25ClN2O2/c1-15(2)26-18-9-6-16(7-10-18)21(25)23-17-8-11-20(19(22)14-17)24-12-4-3-5-13-24/h6-11,14-15H,3-5,12-13H2,1-2H3,(H,23,25). The topological polar surface area (TPSA) is 41.6 Å². The summed E-state index contributed by atoms with van der Waals surface area (Å²) in [6, 6.07) is 12.8. The first kappa shape index (κ1) is 18.6. The number of benzene rings is 2. The lowest BCUT2D eigenvalue weighted by Crippen LogP contribution is -2.29. The lowest BCUT2D eigenvalue weighted by molar-refractivity contribution is 0.102. The van der Waals surface area contributed by atoms with Gasteiger partial charge in [-0.25, -0.2) is 0 Å². The van der Waals surface area contributed by atoms with Crippen LogP contribution in [-0.4, -0.2) is 25.1 Å². The van der Waals surface area contributed by atoms with Crippen molar-refractivity contribution in [3.8, 4) is 5.75 Å². The zero-order chi connectivity index (χ0) is 18.5. The average Bonchev–Trinajstić information content (AvgIpc) is 2.62. The fraction of sp³-hybridized carbons (Fsp3) is 0.381. The number of rotatable bonds is 5. The van der Waals surface area contributed by atoms with Crippen molar-refractivity contribution in [1.82, 2.24) is 0 Å². The van der Waals surface area contributed by atoms with Crippen LogP contribution in [0, 0.1) is 0 Å². The summed E-state index contributed by atoms with van der Waals surface area (Å²) in [5.74, 6) is 0.591. The molecule has 0 bridgehead atoms. The van der Waals surface area contributed by atoms with Gasteiger partial charge < -0.3 is 15.0 Å². The van der Waals surface area contributed by atoms with Crippen LogP contribution in [0.3, 0.4) is 0 Å². The molecule has 4 nitrogen and oxygen atoms in total. The van der Waals surface area contributed by atoms with Crippen LogP contribution in [0.4, 0.5) is 11.4 Å². The Hall–Kier alpha value is -2.20. The molecule has 26 heavy (non-hydrogen) atoms. The molecule has 0 spiro atoms. The largest absolute Gasteiger partial charge is 0.491 e. The van der Waals surface area contributed by atoms with Crippen LogP contribution in [0.1, 0.15) is 43.5 Å². The summed E-state index contributed by atoms with van der Waals surface area (Å²) in [7, 11) is 0. The van der Waals surface area contributed by atoms with E-state index < -0.39 is 0 Å². The van der Waals surface area contributed by atoms with Crippen molar-refractivity contribution in [3.63, 3.8) is 0 Å². The van der Waals surface area contributed by atoms with E-state index in [4.69, 9.17) is 16.3 Å². The highest BCUT2D eigenvalue weighted by Gasteiger charge is 2.15. The molecule has 1 saturated heterocycles. The molecule has 1 aliphatic heterocycles. The first-order valence-electron chi connectivity index (χ1n) is 9.15. The molecule has 138 valence electrons. The molecule has 2 aromatic carbocycles. The Bertz CT molecular complexity index is 753. The number of hydrogen-bond acceptors (Lipinski definition) is 3. The maximum Gasteiger partial charge on any atom is 0.255 e. The molecule has 3 rings (SSSR count). The van der Waals surface area contributed by atoms with Crippen LogP contribution in [-0.2, 0) is 0 Å². The molecule has 0 radical (unpaired) electrons. The third-order valence-corrected chi connectivity index (χ3v) is 4.69. The van der Waals surface area contributed by atoms with Gasteiger partial charge in [-0.15, -0.1) is 0 Å². The van der Waals surface area contributed by atoms with Crippen molar-refractivity contribution in [1.29, 1.82) is 0 Å². The molecule has 0 aromatic heterocycles. The SMILES string of the molecule is CC(C)Oc1ccc(C(=O)Nc2ccc(N3CCCCC3)c(Cl)c2)cc1. The first-order valence-corrected chi connectivity index (χ1v) is 9.53. The van der Waals surface area contributed by atoms with Crippen LogP contribution in [0.2, 0.25) is 5.02 Å². The van der Waals surface area contributed by atoms with Gasteiger partial charge >= 0.3 is 0 Å². The average molecular weight is 373 g/mol. The molecule has 0 aliphatic carbocycles. The molecule has 0 saturated carbocycles. The molecule has 1 amide bonds. The lowest BCUT2D eigenvalue weighted by atomic mass is 10.1. The maximum atomic E-state index is 12.4. The third-order valence-electron chi connectivity index (χ3n) is 4.39. The third kappa shape index (κ3) is 4.70. The molecule has 1 heterocycles. The number of anilines is 2. The Morgan fingerprint density at radius 1 is 1.08 bits per heavy atom. The van der Waals surface area contributed by atoms with E-state index in [2.05, 4.69) is 10.2 Å². The van der Waals surface area contributed by atoms with Gasteiger partial charge in [0.1, 0.15) is 5.75 Å². The minimum absolute atomic E-state index is 0.107. The number of nitrogens with one attached hydrogen (secondary N) is 1. The van der Waals surface area contributed by atoms with Crippen LogP contribution >= 0.6 is 11.6 Å². The summed E-state index contributed by atoms with van der Waals surface area (Å²) < 4.78 is 5.60. The fourth-order valence-corrected chi connectivity index (χ4v) is 3.44. The molecule has 0 unspecified atom stereocenters. The zero-order valence-corrected chi connectivity index (χ0v) is 16.1. The Labute approximate surface area is 160 Å². The Morgan fingerprint density at radius 2 is 1.77 bits per heavy atom. The van der Waals surface area contributed by atoms with E-state index in [1.54, 1.807) is 24.3 Å². The lowest BCUT2D eigenvalue weighted by Gasteiger charge is -2.29. The molecule has 5 heteroatoms. The Morgan fingerprint density at radius 3 is 2.38 bits per heavy atom. The summed E-state index contributed by atoms with van der Waals surface area (Å²) in [5.41, 5.74) is 2.32. The van der Waals surface area contributed by atoms with E-state index in [9.17, 15) is 4.79 Å². The van der Waals surface area contributed by atoms with Gasteiger partial charge in [0, 0.05) is 24.3 Å². The highest BCUT2D eigenvalue weighted by Crippen LogP contribution is 2.31. The van der Waals surface area contributed by atoms with Gasteiger partial charge in [-0.2, -0.15) is 0 Å². The molecular formula is C21H25ClN2O2. The van der Waals surface area contributed by atoms with Gasteiger partial charge in [0.05, 0.1) is 16.8 Å². The maximum absolute atomic E-state index is 12.4. The van der Waals surface area contributed by atoms with E-state index >= 15 is 0 Å². The van der Waals surface area contributed by atoms with E-state index in [0.717, 1.165) is 24.5 Å². The number of halogens is 1. The van der Waals surface area contributed by atoms with E-state index in [1.807, 2.05) is 32.0 Å². The summed E-state index contributed by atoms with van der Waals surface area (Å²) in [6.07, 6.45) is 3.79. The van der Waals surface area contributed by atoms with E-state index in [-0.39, 0.29) is 12.0 Å². The number of piperidine rings is 1. The zero-order valence-electron chi connectivity index (χ0n) is 15.3. The molecule has 2 aromatic rings. The summed E-state index contributed by atoms with van der Waals surface area (Å²) >= 11 is 6.45. The molecule has 0 atom stereocenters. The van der Waals surface area contributed by atoms with Gasteiger partial charge in [-0.3, -0.25) is 4.79 Å². The number of amides is 1. The summed E-state index contributed by atoms with van der Waals surface area (Å²) in [4.78, 5) is 14.8. The normalized spacial score (nSPS) is 14.4. The number of carbonyl (C=O) groups is 1. The Kier molecular flexibility index (Phi) is 6.04. The van der Waals surface area contributed by atoms with E-state index in [1.165, 1.54) is 19.3 Å². The van der Waals surface area contributed by atoms with Gasteiger partial charge in [0.15, 0.2) is 0 Å². The first-order chi connectivity index (χ1) is 12.5. The molecule has 1 aliphatic rings. The van der Waals surface area contributed by atoms with Crippen LogP contribution in [0.5, 0.6) is 5.75 Å². The van der Waals surface area contributed by atoms with Crippen molar-refractivity contribution < 1.29 is 9.53 Å². The van der Waals surface area contributed by atoms with Crippen LogP contribution in [0.25, 0.3) is 0 Å². The smallest absolute Gasteiger partial charge is 0.255 e. The quantitative estimate of drug-likeness (QED) is 0.767. The highest BCUT2D eigenvalue weighted by molar-refractivity contribution is 6.33. The second kappa shape index (κ2) is 8.45. The monoisotopic (exact) mass is 372 g/mol. The number of carbonyl (C=O) groups excluding carboxylic acids is 1. The summed E-state index contributed by atoms with van der Waals surface area (Å²) in [5, 5.41) is 3.58. The van der Waals surface area contributed by atoms with Gasteiger partial charge in [0.2, 0.25) is 0 Å². The second-order valence-electron chi connectivity index (χ2n) is 6.86. The predicted molar refractivity (Wildman–Crippen MR) is 108 cm³/mol. The van der Waals surface area contributed by atoms with Crippen molar-refractivity contribution >= 4 is 28.9 Å². The fourth-order valence-electron chi connectivity index (χ4n) is 3.14. The molecule has 1 N–H and O–H groups in total. The van der Waals surface area contributed by atoms with Gasteiger partial charge in [-0.1, -0.05) is 11.6 Å².